The number of aromatic hydroxyl groups is 1. The molecule has 0 saturated heterocycles. The first-order chi connectivity index (χ1) is 8.45. The van der Waals surface area contributed by atoms with Crippen LogP contribution < -0.4 is 10.7 Å². The fourth-order valence-electron chi connectivity index (χ4n) is 1.06. The number of hydrazone groups is 1. The van der Waals surface area contributed by atoms with Crippen LogP contribution in [0.4, 0.5) is 5.69 Å². The smallest absolute Gasteiger partial charge is 0.312 e. The van der Waals surface area contributed by atoms with E-state index in [2.05, 4.69) is 15.8 Å². The number of nitro benzene ring substituents is 1. The van der Waals surface area contributed by atoms with Gasteiger partial charge in [0.1, 0.15) is 0 Å². The molecular formula is C9H9ClN4O3S. The molecular weight excluding hydrogens is 280 g/mol. The van der Waals surface area contributed by atoms with E-state index in [1.807, 2.05) is 0 Å². The van der Waals surface area contributed by atoms with Crippen molar-refractivity contribution >= 4 is 40.8 Å². The monoisotopic (exact) mass is 288 g/mol. The summed E-state index contributed by atoms with van der Waals surface area (Å²) in [6, 6.07) is 2.40. The topological polar surface area (TPSA) is 99.8 Å². The van der Waals surface area contributed by atoms with Gasteiger partial charge in [0.05, 0.1) is 11.1 Å². The average molecular weight is 289 g/mol. The largest absolute Gasteiger partial charge is 0.502 e. The highest BCUT2D eigenvalue weighted by Crippen LogP contribution is 2.32. The number of hydrogen-bond donors (Lipinski definition) is 3. The second-order valence-corrected chi connectivity index (χ2v) is 3.91. The lowest BCUT2D eigenvalue weighted by Crippen LogP contribution is -2.28. The van der Waals surface area contributed by atoms with Gasteiger partial charge in [-0.2, -0.15) is 5.10 Å². The van der Waals surface area contributed by atoms with Crippen molar-refractivity contribution in [3.8, 4) is 5.75 Å². The van der Waals surface area contributed by atoms with Crippen LogP contribution in [0.25, 0.3) is 0 Å². The van der Waals surface area contributed by atoms with Gasteiger partial charge in [0, 0.05) is 23.7 Å². The van der Waals surface area contributed by atoms with E-state index in [-0.39, 0.29) is 15.7 Å². The third-order valence-electron chi connectivity index (χ3n) is 1.88. The van der Waals surface area contributed by atoms with Crippen molar-refractivity contribution in [2.75, 3.05) is 7.05 Å². The molecule has 96 valence electrons. The Bertz CT molecular complexity index is 521. The van der Waals surface area contributed by atoms with Gasteiger partial charge < -0.3 is 10.4 Å². The van der Waals surface area contributed by atoms with Crippen molar-refractivity contribution in [2.45, 2.75) is 0 Å². The molecule has 0 unspecified atom stereocenters. The molecule has 1 aromatic rings. The summed E-state index contributed by atoms with van der Waals surface area (Å²) in [5, 5.41) is 27.0. The standard InChI is InChI=1S/C9H9ClN4O3S/c1-11-9(18)13-12-4-5-2-6(10)3-7(8(5)15)14(16)17/h2-4,15H,1H3,(H2,11,13,18)/b12-4+. The predicted molar refractivity (Wildman–Crippen MR) is 72.2 cm³/mol. The lowest BCUT2D eigenvalue weighted by Gasteiger charge is -2.02. The Morgan fingerprint density at radius 2 is 2.33 bits per heavy atom. The first kappa shape index (κ1) is 14.1. The number of benzene rings is 1. The van der Waals surface area contributed by atoms with Crippen LogP contribution in [0, 0.1) is 10.1 Å². The third kappa shape index (κ3) is 3.54. The first-order valence-electron chi connectivity index (χ1n) is 4.63. The molecule has 0 aliphatic rings. The Hall–Kier alpha value is -1.93. The van der Waals surface area contributed by atoms with Gasteiger partial charge in [-0.25, -0.2) is 0 Å². The van der Waals surface area contributed by atoms with Crippen LogP contribution in [0.1, 0.15) is 5.56 Å². The molecule has 0 aliphatic carbocycles. The second kappa shape index (κ2) is 6.12. The number of nitrogens with zero attached hydrogens (tertiary/aromatic N) is 2. The van der Waals surface area contributed by atoms with E-state index in [0.717, 1.165) is 6.07 Å². The zero-order valence-corrected chi connectivity index (χ0v) is 10.7. The maximum Gasteiger partial charge on any atom is 0.312 e. The maximum atomic E-state index is 10.7. The van der Waals surface area contributed by atoms with Gasteiger partial charge in [0.25, 0.3) is 0 Å². The molecule has 0 amide bonds. The van der Waals surface area contributed by atoms with E-state index in [1.165, 1.54) is 12.3 Å². The fourth-order valence-corrected chi connectivity index (χ4v) is 1.33. The Balaban J connectivity index is 3.02. The second-order valence-electron chi connectivity index (χ2n) is 3.07. The number of halogens is 1. The number of phenolic OH excluding ortho intramolecular Hbond substituents is 1. The van der Waals surface area contributed by atoms with Crippen molar-refractivity contribution in [3.05, 3.63) is 32.8 Å². The molecule has 0 radical (unpaired) electrons. The highest BCUT2D eigenvalue weighted by atomic mass is 35.5. The molecule has 0 heterocycles. The van der Waals surface area contributed by atoms with Crippen molar-refractivity contribution in [1.82, 2.24) is 10.7 Å². The lowest BCUT2D eigenvalue weighted by molar-refractivity contribution is -0.385. The minimum absolute atomic E-state index is 0.112. The van der Waals surface area contributed by atoms with Gasteiger partial charge in [-0.15, -0.1) is 0 Å². The molecule has 18 heavy (non-hydrogen) atoms. The van der Waals surface area contributed by atoms with Crippen LogP contribution in [0.3, 0.4) is 0 Å². The van der Waals surface area contributed by atoms with Crippen LogP contribution >= 0.6 is 23.8 Å². The van der Waals surface area contributed by atoms with E-state index in [4.69, 9.17) is 23.8 Å². The van der Waals surface area contributed by atoms with Crippen LogP contribution in [-0.4, -0.2) is 28.4 Å². The molecule has 0 aliphatic heterocycles. The zero-order chi connectivity index (χ0) is 13.7. The van der Waals surface area contributed by atoms with E-state index in [9.17, 15) is 15.2 Å². The number of nitrogens with one attached hydrogen (secondary N) is 2. The highest BCUT2D eigenvalue weighted by molar-refractivity contribution is 7.80. The number of rotatable bonds is 3. The van der Waals surface area contributed by atoms with Gasteiger partial charge in [-0.3, -0.25) is 15.5 Å². The normalized spacial score (nSPS) is 10.3. The van der Waals surface area contributed by atoms with E-state index in [1.54, 1.807) is 7.05 Å². The fraction of sp³-hybridized carbons (Fsp3) is 0.111. The van der Waals surface area contributed by atoms with Gasteiger partial charge >= 0.3 is 5.69 Å². The number of nitro groups is 1. The van der Waals surface area contributed by atoms with Gasteiger partial charge in [0.15, 0.2) is 5.11 Å². The van der Waals surface area contributed by atoms with Crippen molar-refractivity contribution < 1.29 is 10.0 Å². The molecule has 0 fully saturated rings. The van der Waals surface area contributed by atoms with Gasteiger partial charge in [-0.1, -0.05) is 11.6 Å². The summed E-state index contributed by atoms with van der Waals surface area (Å²) in [7, 11) is 1.60. The zero-order valence-electron chi connectivity index (χ0n) is 9.18. The van der Waals surface area contributed by atoms with Crippen LogP contribution in [0.15, 0.2) is 17.2 Å². The number of phenols is 1. The summed E-state index contributed by atoms with van der Waals surface area (Å²) in [5.74, 6) is -0.509. The molecule has 1 rings (SSSR count). The highest BCUT2D eigenvalue weighted by Gasteiger charge is 2.17. The average Bonchev–Trinajstić information content (AvgIpc) is 2.32. The van der Waals surface area contributed by atoms with Gasteiger partial charge in [-0.05, 0) is 18.3 Å². The SMILES string of the molecule is CNC(=S)N/N=C/c1cc(Cl)cc([N+](=O)[O-])c1O. The molecule has 0 aromatic heterocycles. The van der Waals surface area contributed by atoms with Crippen molar-refractivity contribution in [1.29, 1.82) is 0 Å². The van der Waals surface area contributed by atoms with Crippen LogP contribution in [0.5, 0.6) is 5.75 Å². The quantitative estimate of drug-likeness (QED) is 0.336. The van der Waals surface area contributed by atoms with E-state index >= 15 is 0 Å². The van der Waals surface area contributed by atoms with Gasteiger partial charge in [0.2, 0.25) is 5.75 Å². The Morgan fingerprint density at radius 1 is 1.67 bits per heavy atom. The Labute approximate surface area is 113 Å². The molecule has 1 aromatic carbocycles. The summed E-state index contributed by atoms with van der Waals surface area (Å²) in [5.41, 5.74) is 2.07. The molecule has 0 atom stereocenters. The minimum Gasteiger partial charge on any atom is -0.502 e. The lowest BCUT2D eigenvalue weighted by atomic mass is 10.2. The van der Waals surface area contributed by atoms with Crippen molar-refractivity contribution in [2.24, 2.45) is 5.10 Å². The summed E-state index contributed by atoms with van der Waals surface area (Å²) in [4.78, 5) is 9.92. The van der Waals surface area contributed by atoms with E-state index < -0.39 is 16.4 Å². The first-order valence-corrected chi connectivity index (χ1v) is 5.42. The maximum absolute atomic E-state index is 10.7. The van der Waals surface area contributed by atoms with Crippen LogP contribution in [0.2, 0.25) is 5.02 Å². The Kier molecular flexibility index (Phi) is 4.81. The number of thiocarbonyl (C=S) groups is 1. The minimum atomic E-state index is -0.732. The summed E-state index contributed by atoms with van der Waals surface area (Å²) >= 11 is 10.5. The third-order valence-corrected chi connectivity index (χ3v) is 2.39. The number of hydrogen-bond acceptors (Lipinski definition) is 5. The molecule has 3 N–H and O–H groups in total. The Morgan fingerprint density at radius 3 is 2.89 bits per heavy atom. The predicted octanol–water partition coefficient (Wildman–Crippen LogP) is 1.38. The van der Waals surface area contributed by atoms with Crippen molar-refractivity contribution in [3.63, 3.8) is 0 Å². The molecule has 7 nitrogen and oxygen atoms in total. The van der Waals surface area contributed by atoms with Crippen LogP contribution in [-0.2, 0) is 0 Å². The molecule has 9 heteroatoms. The molecule has 0 spiro atoms. The summed E-state index contributed by atoms with van der Waals surface area (Å²) in [6.07, 6.45) is 1.18. The molecule has 0 saturated carbocycles. The van der Waals surface area contributed by atoms with E-state index in [0.29, 0.717) is 0 Å². The molecule has 0 bridgehead atoms. The summed E-state index contributed by atoms with van der Waals surface area (Å²) < 4.78 is 0. The summed E-state index contributed by atoms with van der Waals surface area (Å²) in [6.45, 7) is 0.